The summed E-state index contributed by atoms with van der Waals surface area (Å²) < 4.78 is 0. The lowest BCUT2D eigenvalue weighted by Gasteiger charge is -2.59. The van der Waals surface area contributed by atoms with Crippen molar-refractivity contribution in [3.63, 3.8) is 0 Å². The van der Waals surface area contributed by atoms with Gasteiger partial charge in [0, 0.05) is 0 Å². The van der Waals surface area contributed by atoms with Gasteiger partial charge in [-0.15, -0.1) is 0 Å². The van der Waals surface area contributed by atoms with E-state index in [0.717, 1.165) is 30.1 Å². The van der Waals surface area contributed by atoms with Gasteiger partial charge in [-0.25, -0.2) is 0 Å². The zero-order chi connectivity index (χ0) is 20.4. The third-order valence-corrected chi connectivity index (χ3v) is 11.4. The summed E-state index contributed by atoms with van der Waals surface area (Å²) in [6.45, 7) is 13.8. The van der Waals surface area contributed by atoms with Crippen LogP contribution in [0.25, 0.3) is 0 Å². The molecule has 0 bridgehead atoms. The van der Waals surface area contributed by atoms with Gasteiger partial charge >= 0.3 is 0 Å². The number of fused-ring (bicyclic) bond motifs is 2. The van der Waals surface area contributed by atoms with Crippen molar-refractivity contribution in [3.05, 3.63) is 0 Å². The molecule has 1 nitrogen and oxygen atoms in total. The van der Waals surface area contributed by atoms with Gasteiger partial charge in [-0.3, -0.25) is 0 Å². The summed E-state index contributed by atoms with van der Waals surface area (Å²) in [5.41, 5.74) is 2.12. The van der Waals surface area contributed by atoms with Crippen molar-refractivity contribution in [2.24, 2.45) is 45.3 Å². The smallest absolute Gasteiger partial charge is 0.0594 e. The van der Waals surface area contributed by atoms with Crippen LogP contribution in [0.15, 0.2) is 0 Å². The SMILES string of the molecule is CC.CCCCC1CCC2C3CCC4C(C)(C)C(O)CCC45CC35CCC12C. The molecule has 0 radical (unpaired) electrons. The van der Waals surface area contributed by atoms with Gasteiger partial charge in [0.25, 0.3) is 0 Å². The maximum absolute atomic E-state index is 10.7. The molecule has 0 aliphatic heterocycles. The zero-order valence-electron chi connectivity index (χ0n) is 19.8. The number of hydrogen-bond acceptors (Lipinski definition) is 1. The molecule has 2 spiro atoms. The highest BCUT2D eigenvalue weighted by atomic mass is 16.3. The molecule has 5 saturated carbocycles. The maximum Gasteiger partial charge on any atom is 0.0594 e. The monoisotopic (exact) mass is 388 g/mol. The first kappa shape index (κ1) is 21.2. The molecule has 0 aromatic carbocycles. The van der Waals surface area contributed by atoms with Crippen LogP contribution in [-0.2, 0) is 0 Å². The van der Waals surface area contributed by atoms with Gasteiger partial charge in [-0.1, -0.05) is 54.4 Å². The minimum absolute atomic E-state index is 0.0638. The minimum Gasteiger partial charge on any atom is -0.393 e. The number of unbranched alkanes of at least 4 members (excludes halogenated alkanes) is 1. The second kappa shape index (κ2) is 7.00. The van der Waals surface area contributed by atoms with Gasteiger partial charge in [-0.05, 0) is 110 Å². The average Bonchev–Trinajstić information content (AvgIpc) is 3.24. The Morgan fingerprint density at radius 1 is 0.821 bits per heavy atom. The summed E-state index contributed by atoms with van der Waals surface area (Å²) in [6.07, 6.45) is 17.1. The Labute approximate surface area is 175 Å². The Bertz CT molecular complexity index is 581. The lowest BCUT2D eigenvalue weighted by molar-refractivity contribution is -0.132. The third kappa shape index (κ3) is 2.53. The molecule has 5 rings (SSSR count). The van der Waals surface area contributed by atoms with Crippen molar-refractivity contribution in [2.75, 3.05) is 0 Å². The molecule has 5 aliphatic carbocycles. The van der Waals surface area contributed by atoms with E-state index in [9.17, 15) is 5.11 Å². The largest absolute Gasteiger partial charge is 0.393 e. The van der Waals surface area contributed by atoms with Crippen molar-refractivity contribution in [1.82, 2.24) is 0 Å². The zero-order valence-corrected chi connectivity index (χ0v) is 19.8. The van der Waals surface area contributed by atoms with Crippen LogP contribution in [0.1, 0.15) is 119 Å². The minimum atomic E-state index is -0.0638. The van der Waals surface area contributed by atoms with Crippen molar-refractivity contribution in [3.8, 4) is 0 Å². The molecule has 0 aromatic rings. The van der Waals surface area contributed by atoms with Gasteiger partial charge in [0.2, 0.25) is 0 Å². The molecule has 5 aliphatic rings. The van der Waals surface area contributed by atoms with Crippen LogP contribution in [0, 0.1) is 45.3 Å². The van der Waals surface area contributed by atoms with Gasteiger partial charge in [0.05, 0.1) is 6.10 Å². The lowest BCUT2D eigenvalue weighted by atomic mass is 9.46. The van der Waals surface area contributed by atoms with Crippen LogP contribution in [0.2, 0.25) is 0 Å². The maximum atomic E-state index is 10.7. The van der Waals surface area contributed by atoms with E-state index in [0.29, 0.717) is 16.2 Å². The van der Waals surface area contributed by atoms with E-state index in [1.54, 1.807) is 0 Å². The molecule has 1 N–H and O–H groups in total. The summed E-state index contributed by atoms with van der Waals surface area (Å²) in [7, 11) is 0. The number of aliphatic hydroxyl groups is 1. The highest BCUT2D eigenvalue weighted by Gasteiger charge is 2.79. The molecular formula is C27H48O. The summed E-state index contributed by atoms with van der Waals surface area (Å²) in [5, 5.41) is 10.7. The van der Waals surface area contributed by atoms with Crippen LogP contribution in [0.3, 0.4) is 0 Å². The molecule has 0 amide bonds. The fraction of sp³-hybridized carbons (Fsp3) is 1.00. The fourth-order valence-electron chi connectivity index (χ4n) is 9.90. The Morgan fingerprint density at radius 2 is 1.54 bits per heavy atom. The summed E-state index contributed by atoms with van der Waals surface area (Å²) in [5.74, 6) is 3.85. The van der Waals surface area contributed by atoms with Crippen LogP contribution >= 0.6 is 0 Å². The van der Waals surface area contributed by atoms with E-state index in [-0.39, 0.29) is 11.5 Å². The molecule has 162 valence electrons. The lowest BCUT2D eigenvalue weighted by Crippen LogP contribution is -2.54. The molecule has 1 heteroatoms. The van der Waals surface area contributed by atoms with Gasteiger partial charge < -0.3 is 5.11 Å². The van der Waals surface area contributed by atoms with Crippen molar-refractivity contribution in [2.45, 2.75) is 125 Å². The van der Waals surface area contributed by atoms with Crippen molar-refractivity contribution in [1.29, 1.82) is 0 Å². The number of rotatable bonds is 3. The highest BCUT2D eigenvalue weighted by molar-refractivity contribution is 5.28. The quantitative estimate of drug-likeness (QED) is 0.527. The normalized spacial score (nSPS) is 53.0. The Kier molecular flexibility index (Phi) is 5.30. The summed E-state index contributed by atoms with van der Waals surface area (Å²) in [6, 6.07) is 0. The van der Waals surface area contributed by atoms with Crippen LogP contribution < -0.4 is 0 Å². The fourth-order valence-corrected chi connectivity index (χ4v) is 9.90. The Balaban J connectivity index is 0.000000932. The predicted octanol–water partition coefficient (Wildman–Crippen LogP) is 7.61. The second-order valence-electron chi connectivity index (χ2n) is 12.1. The summed E-state index contributed by atoms with van der Waals surface area (Å²) >= 11 is 0. The molecule has 8 atom stereocenters. The highest BCUT2D eigenvalue weighted by Crippen LogP contribution is 2.86. The first-order valence-corrected chi connectivity index (χ1v) is 13.0. The van der Waals surface area contributed by atoms with E-state index in [1.165, 1.54) is 70.6 Å². The molecule has 5 fully saturated rings. The molecule has 28 heavy (non-hydrogen) atoms. The predicted molar refractivity (Wildman–Crippen MR) is 119 cm³/mol. The first-order valence-electron chi connectivity index (χ1n) is 13.0. The Hall–Kier alpha value is -0.0400. The number of aliphatic hydroxyl groups excluding tert-OH is 1. The number of hydrogen-bond donors (Lipinski definition) is 1. The molecular weight excluding hydrogens is 340 g/mol. The summed E-state index contributed by atoms with van der Waals surface area (Å²) in [4.78, 5) is 0. The Morgan fingerprint density at radius 3 is 2.25 bits per heavy atom. The van der Waals surface area contributed by atoms with Crippen molar-refractivity contribution >= 4 is 0 Å². The van der Waals surface area contributed by atoms with E-state index >= 15 is 0 Å². The average molecular weight is 389 g/mol. The molecule has 0 aromatic heterocycles. The third-order valence-electron chi connectivity index (χ3n) is 11.4. The van der Waals surface area contributed by atoms with Crippen LogP contribution in [0.4, 0.5) is 0 Å². The molecule has 0 heterocycles. The van der Waals surface area contributed by atoms with Gasteiger partial charge in [0.15, 0.2) is 0 Å². The molecule has 8 unspecified atom stereocenters. The van der Waals surface area contributed by atoms with Crippen LogP contribution in [-0.4, -0.2) is 11.2 Å². The van der Waals surface area contributed by atoms with E-state index in [1.807, 2.05) is 13.8 Å². The van der Waals surface area contributed by atoms with Gasteiger partial charge in [-0.2, -0.15) is 0 Å². The van der Waals surface area contributed by atoms with E-state index in [2.05, 4.69) is 27.7 Å². The van der Waals surface area contributed by atoms with E-state index in [4.69, 9.17) is 0 Å². The van der Waals surface area contributed by atoms with Crippen molar-refractivity contribution < 1.29 is 5.11 Å². The van der Waals surface area contributed by atoms with Gasteiger partial charge in [0.1, 0.15) is 0 Å². The standard InChI is InChI=1S/C25H42O.C2H6/c1-5-6-7-17-8-9-18-19-10-11-20-22(2,3)21(26)12-13-25(20)16-24(19,25)15-14-23(17,18)4;1-2/h17-21,26H,5-16H2,1-4H3;1-2H3. The topological polar surface area (TPSA) is 20.2 Å². The molecule has 0 saturated heterocycles. The first-order chi connectivity index (χ1) is 13.3. The second-order valence-corrected chi connectivity index (χ2v) is 12.1. The van der Waals surface area contributed by atoms with Crippen LogP contribution in [0.5, 0.6) is 0 Å². The van der Waals surface area contributed by atoms with E-state index < -0.39 is 0 Å².